The van der Waals surface area contributed by atoms with Crippen LogP contribution in [0.4, 0.5) is 0 Å². The summed E-state index contributed by atoms with van der Waals surface area (Å²) in [5.41, 5.74) is 1.29. The molecule has 3 heterocycles. The minimum atomic E-state index is 0. The van der Waals surface area contributed by atoms with Crippen LogP contribution >= 0.6 is 12.4 Å². The first-order valence-corrected chi connectivity index (χ1v) is 10.7. The molecule has 2 aliphatic heterocycles. The number of carbonyl (C=O) groups excluding carboxylic acids is 1. The molecule has 1 aromatic heterocycles. The molecule has 1 amide bonds. The summed E-state index contributed by atoms with van der Waals surface area (Å²) in [6.45, 7) is 9.04. The molecular weight excluding hydrogens is 402 g/mol. The van der Waals surface area contributed by atoms with Crippen molar-refractivity contribution in [1.29, 1.82) is 0 Å². The molecule has 164 valence electrons. The Bertz CT molecular complexity index is 829. The number of benzene rings is 1. The molecule has 1 fully saturated rings. The Hall–Kier alpha value is -2.12. The lowest BCUT2D eigenvalue weighted by atomic mass is 9.95. The molecule has 1 aromatic carbocycles. The van der Waals surface area contributed by atoms with Gasteiger partial charge in [-0.05, 0) is 36.5 Å². The third-order valence-electron chi connectivity index (χ3n) is 6.00. The SMILES string of the molecule is CC(C)c1ccc(OCCC(=O)N2CCC(c3nnc4n3CCNC4)CC2)cc1.Cl. The van der Waals surface area contributed by atoms with Gasteiger partial charge in [0, 0.05) is 32.1 Å². The van der Waals surface area contributed by atoms with Crippen molar-refractivity contribution >= 4 is 18.3 Å². The van der Waals surface area contributed by atoms with Crippen molar-refractivity contribution in [1.82, 2.24) is 25.0 Å². The molecule has 0 aliphatic carbocycles. The maximum absolute atomic E-state index is 12.6. The number of carbonyl (C=O) groups is 1. The molecule has 0 radical (unpaired) electrons. The standard InChI is InChI=1S/C22H31N5O2.ClH/c1-16(2)17-3-5-19(6-4-17)29-14-9-21(28)26-11-7-18(8-12-26)22-25-24-20-15-23-10-13-27(20)22;/h3-6,16,18,23H,7-15H2,1-2H3;1H. The van der Waals surface area contributed by atoms with Crippen LogP contribution in [-0.4, -0.2) is 51.8 Å². The van der Waals surface area contributed by atoms with Crippen LogP contribution in [0.15, 0.2) is 24.3 Å². The van der Waals surface area contributed by atoms with E-state index in [4.69, 9.17) is 4.74 Å². The molecule has 8 heteroatoms. The average Bonchev–Trinajstić information content (AvgIpc) is 3.18. The quantitative estimate of drug-likeness (QED) is 0.757. The Balaban J connectivity index is 0.00000256. The normalized spacial score (nSPS) is 16.8. The van der Waals surface area contributed by atoms with Gasteiger partial charge in [-0.2, -0.15) is 0 Å². The van der Waals surface area contributed by atoms with E-state index in [1.54, 1.807) is 0 Å². The van der Waals surface area contributed by atoms with Gasteiger partial charge in [-0.3, -0.25) is 4.79 Å². The van der Waals surface area contributed by atoms with E-state index in [2.05, 4.69) is 46.1 Å². The number of likely N-dealkylation sites (tertiary alicyclic amines) is 1. The van der Waals surface area contributed by atoms with Crippen molar-refractivity contribution in [3.05, 3.63) is 41.5 Å². The van der Waals surface area contributed by atoms with E-state index >= 15 is 0 Å². The smallest absolute Gasteiger partial charge is 0.225 e. The molecule has 0 unspecified atom stereocenters. The molecule has 0 bridgehead atoms. The Morgan fingerprint density at radius 1 is 1.17 bits per heavy atom. The van der Waals surface area contributed by atoms with Gasteiger partial charge in [0.1, 0.15) is 17.4 Å². The number of rotatable bonds is 6. The number of ether oxygens (including phenoxy) is 1. The highest BCUT2D eigenvalue weighted by molar-refractivity contribution is 5.85. The fraction of sp³-hybridized carbons (Fsp3) is 0.591. The van der Waals surface area contributed by atoms with E-state index in [9.17, 15) is 4.79 Å². The summed E-state index contributed by atoms with van der Waals surface area (Å²) in [5.74, 6) is 4.04. The van der Waals surface area contributed by atoms with Crippen molar-refractivity contribution in [2.24, 2.45) is 0 Å². The van der Waals surface area contributed by atoms with Crippen molar-refractivity contribution in [3.63, 3.8) is 0 Å². The van der Waals surface area contributed by atoms with Gasteiger partial charge < -0.3 is 19.5 Å². The van der Waals surface area contributed by atoms with Crippen LogP contribution in [0.5, 0.6) is 5.75 Å². The summed E-state index contributed by atoms with van der Waals surface area (Å²) in [7, 11) is 0. The molecular formula is C22H32ClN5O2. The highest BCUT2D eigenvalue weighted by Gasteiger charge is 2.28. The summed E-state index contributed by atoms with van der Waals surface area (Å²) in [6, 6.07) is 8.15. The van der Waals surface area contributed by atoms with Crippen molar-refractivity contribution in [2.75, 3.05) is 26.2 Å². The zero-order valence-electron chi connectivity index (χ0n) is 17.8. The molecule has 0 atom stereocenters. The van der Waals surface area contributed by atoms with E-state index in [-0.39, 0.29) is 18.3 Å². The Kier molecular flexibility index (Phi) is 7.72. The monoisotopic (exact) mass is 433 g/mol. The van der Waals surface area contributed by atoms with Crippen molar-refractivity contribution in [3.8, 4) is 5.75 Å². The lowest BCUT2D eigenvalue weighted by Gasteiger charge is -2.32. The van der Waals surface area contributed by atoms with Crippen LogP contribution in [0.3, 0.4) is 0 Å². The second-order valence-electron chi connectivity index (χ2n) is 8.28. The van der Waals surface area contributed by atoms with Crippen LogP contribution in [0.1, 0.15) is 62.2 Å². The number of halogens is 1. The van der Waals surface area contributed by atoms with E-state index in [1.165, 1.54) is 5.56 Å². The fourth-order valence-electron chi connectivity index (χ4n) is 4.17. The number of hydrogen-bond acceptors (Lipinski definition) is 5. The minimum Gasteiger partial charge on any atom is -0.493 e. The van der Waals surface area contributed by atoms with Gasteiger partial charge in [-0.1, -0.05) is 26.0 Å². The van der Waals surface area contributed by atoms with Crippen LogP contribution in [0, 0.1) is 0 Å². The zero-order valence-corrected chi connectivity index (χ0v) is 18.7. The fourth-order valence-corrected chi connectivity index (χ4v) is 4.17. The van der Waals surface area contributed by atoms with Crippen LogP contribution in [0.2, 0.25) is 0 Å². The van der Waals surface area contributed by atoms with E-state index in [1.807, 2.05) is 17.0 Å². The third-order valence-corrected chi connectivity index (χ3v) is 6.00. The summed E-state index contributed by atoms with van der Waals surface area (Å²) in [5, 5.41) is 12.1. The van der Waals surface area contributed by atoms with Gasteiger partial charge in [0.2, 0.25) is 5.91 Å². The number of fused-ring (bicyclic) bond motifs is 1. The third kappa shape index (κ3) is 5.13. The van der Waals surface area contributed by atoms with E-state index in [0.717, 1.165) is 63.0 Å². The predicted octanol–water partition coefficient (Wildman–Crippen LogP) is 3.10. The van der Waals surface area contributed by atoms with Gasteiger partial charge in [0.15, 0.2) is 0 Å². The number of nitrogens with one attached hydrogen (secondary N) is 1. The second kappa shape index (κ2) is 10.3. The highest BCUT2D eigenvalue weighted by atomic mass is 35.5. The molecule has 0 saturated carbocycles. The first-order valence-electron chi connectivity index (χ1n) is 10.7. The van der Waals surface area contributed by atoms with Crippen LogP contribution in [-0.2, 0) is 17.9 Å². The molecule has 7 nitrogen and oxygen atoms in total. The van der Waals surface area contributed by atoms with Crippen LogP contribution < -0.4 is 10.1 Å². The Labute approximate surface area is 184 Å². The molecule has 4 rings (SSSR count). The Morgan fingerprint density at radius 2 is 1.90 bits per heavy atom. The molecule has 2 aromatic rings. The van der Waals surface area contributed by atoms with Crippen LogP contribution in [0.25, 0.3) is 0 Å². The summed E-state index contributed by atoms with van der Waals surface area (Å²) in [4.78, 5) is 14.5. The van der Waals surface area contributed by atoms with Gasteiger partial charge in [-0.25, -0.2) is 0 Å². The van der Waals surface area contributed by atoms with Crippen molar-refractivity contribution < 1.29 is 9.53 Å². The molecule has 2 aliphatic rings. The topological polar surface area (TPSA) is 72.3 Å². The minimum absolute atomic E-state index is 0. The molecule has 1 N–H and O–H groups in total. The largest absolute Gasteiger partial charge is 0.493 e. The summed E-state index contributed by atoms with van der Waals surface area (Å²) in [6.07, 6.45) is 2.33. The lowest BCUT2D eigenvalue weighted by molar-refractivity contribution is -0.132. The predicted molar refractivity (Wildman–Crippen MR) is 118 cm³/mol. The highest BCUT2D eigenvalue weighted by Crippen LogP contribution is 2.28. The Morgan fingerprint density at radius 3 is 2.60 bits per heavy atom. The van der Waals surface area contributed by atoms with Crippen molar-refractivity contribution in [2.45, 2.75) is 58.0 Å². The zero-order chi connectivity index (χ0) is 20.2. The molecule has 30 heavy (non-hydrogen) atoms. The number of piperidine rings is 1. The number of nitrogens with zero attached hydrogens (tertiary/aromatic N) is 4. The first kappa shape index (κ1) is 22.6. The van der Waals surface area contributed by atoms with E-state index in [0.29, 0.717) is 24.9 Å². The number of aromatic nitrogens is 3. The number of amides is 1. The summed E-state index contributed by atoms with van der Waals surface area (Å²) < 4.78 is 8.03. The maximum atomic E-state index is 12.6. The number of hydrogen-bond donors (Lipinski definition) is 1. The molecule has 1 saturated heterocycles. The second-order valence-corrected chi connectivity index (χ2v) is 8.28. The van der Waals surface area contributed by atoms with E-state index < -0.39 is 0 Å². The van der Waals surface area contributed by atoms with Gasteiger partial charge >= 0.3 is 0 Å². The average molecular weight is 434 g/mol. The van der Waals surface area contributed by atoms with Gasteiger partial charge in [-0.15, -0.1) is 22.6 Å². The van der Waals surface area contributed by atoms with Gasteiger partial charge in [0.05, 0.1) is 19.6 Å². The maximum Gasteiger partial charge on any atom is 0.225 e. The van der Waals surface area contributed by atoms with Gasteiger partial charge in [0.25, 0.3) is 0 Å². The molecule has 0 spiro atoms. The first-order chi connectivity index (χ1) is 14.1. The lowest BCUT2D eigenvalue weighted by Crippen LogP contribution is -2.39. The summed E-state index contributed by atoms with van der Waals surface area (Å²) >= 11 is 0.